The van der Waals surface area contributed by atoms with Crippen molar-refractivity contribution in [2.24, 2.45) is 16.3 Å². The number of nitrogens with one attached hydrogen (secondary N) is 1. The van der Waals surface area contributed by atoms with E-state index in [2.05, 4.69) is 10.5 Å². The molecule has 6 heteroatoms. The third-order valence-corrected chi connectivity index (χ3v) is 4.00. The van der Waals surface area contributed by atoms with Gasteiger partial charge in [0.2, 0.25) is 5.91 Å². The normalized spacial score (nSPS) is 31.2. The van der Waals surface area contributed by atoms with Gasteiger partial charge in [-0.3, -0.25) is 4.79 Å². The molecule has 0 aliphatic heterocycles. The lowest BCUT2D eigenvalue weighted by molar-refractivity contribution is -0.133. The predicted molar refractivity (Wildman–Crippen MR) is 61.7 cm³/mol. The quantitative estimate of drug-likeness (QED) is 0.283. The average molecular weight is 241 g/mol. The first-order valence-electron chi connectivity index (χ1n) is 5.94. The molecule has 6 nitrogen and oxygen atoms in total. The third kappa shape index (κ3) is 1.97. The van der Waals surface area contributed by atoms with E-state index in [-0.39, 0.29) is 23.9 Å². The summed E-state index contributed by atoms with van der Waals surface area (Å²) in [6.45, 7) is 0. The Morgan fingerprint density at radius 2 is 2.18 bits per heavy atom. The fourth-order valence-corrected chi connectivity index (χ4v) is 2.43. The van der Waals surface area contributed by atoms with Crippen LogP contribution in [-0.2, 0) is 9.53 Å². The van der Waals surface area contributed by atoms with Gasteiger partial charge in [0.25, 0.3) is 0 Å². The number of hydrogen-bond acceptors (Lipinski definition) is 4. The van der Waals surface area contributed by atoms with Crippen LogP contribution in [0, 0.1) is 5.41 Å². The van der Waals surface area contributed by atoms with E-state index < -0.39 is 5.41 Å². The highest BCUT2D eigenvalue weighted by Crippen LogP contribution is 2.41. The second kappa shape index (κ2) is 4.52. The molecule has 1 amide bonds. The van der Waals surface area contributed by atoms with Crippen molar-refractivity contribution in [3.8, 4) is 0 Å². The van der Waals surface area contributed by atoms with Crippen LogP contribution in [0.2, 0.25) is 0 Å². The van der Waals surface area contributed by atoms with Crippen molar-refractivity contribution >= 4 is 11.7 Å². The Balaban J connectivity index is 1.91. The van der Waals surface area contributed by atoms with E-state index in [1.165, 1.54) is 0 Å². The molecule has 2 rings (SSSR count). The summed E-state index contributed by atoms with van der Waals surface area (Å²) in [7, 11) is 1.67. The van der Waals surface area contributed by atoms with Gasteiger partial charge in [0.1, 0.15) is 5.41 Å². The molecule has 2 aliphatic carbocycles. The highest BCUT2D eigenvalue weighted by atomic mass is 16.5. The summed E-state index contributed by atoms with van der Waals surface area (Å²) in [6.07, 6.45) is 4.20. The number of oxime groups is 1. The lowest BCUT2D eigenvalue weighted by Gasteiger charge is -2.42. The monoisotopic (exact) mass is 241 g/mol. The Kier molecular flexibility index (Phi) is 3.24. The molecule has 0 aromatic rings. The summed E-state index contributed by atoms with van der Waals surface area (Å²) >= 11 is 0. The maximum absolute atomic E-state index is 12.1. The Bertz CT molecular complexity index is 333. The zero-order chi connectivity index (χ0) is 12.5. The number of amides is 1. The van der Waals surface area contributed by atoms with E-state index in [4.69, 9.17) is 15.7 Å². The first-order valence-corrected chi connectivity index (χ1v) is 5.94. The molecule has 4 N–H and O–H groups in total. The van der Waals surface area contributed by atoms with Crippen LogP contribution in [0.5, 0.6) is 0 Å². The lowest BCUT2D eigenvalue weighted by atomic mass is 9.67. The van der Waals surface area contributed by atoms with Gasteiger partial charge in [0.05, 0.1) is 6.10 Å². The van der Waals surface area contributed by atoms with Crippen molar-refractivity contribution < 1.29 is 14.7 Å². The van der Waals surface area contributed by atoms with Crippen LogP contribution < -0.4 is 11.1 Å². The van der Waals surface area contributed by atoms with Gasteiger partial charge in [0, 0.05) is 13.2 Å². The van der Waals surface area contributed by atoms with E-state index in [1.807, 2.05) is 0 Å². The van der Waals surface area contributed by atoms with Crippen LogP contribution in [0.4, 0.5) is 0 Å². The van der Waals surface area contributed by atoms with Gasteiger partial charge in [0.15, 0.2) is 5.84 Å². The summed E-state index contributed by atoms with van der Waals surface area (Å²) in [5.74, 6) is -0.0810. The number of amidine groups is 1. The topological polar surface area (TPSA) is 96.9 Å². The molecule has 2 saturated carbocycles. The van der Waals surface area contributed by atoms with Crippen molar-refractivity contribution in [3.05, 3.63) is 0 Å². The maximum Gasteiger partial charge on any atom is 0.234 e. The van der Waals surface area contributed by atoms with Crippen LogP contribution in [0.1, 0.15) is 32.1 Å². The van der Waals surface area contributed by atoms with Crippen LogP contribution in [0.3, 0.4) is 0 Å². The van der Waals surface area contributed by atoms with Crippen LogP contribution in [0.15, 0.2) is 5.16 Å². The molecular weight excluding hydrogens is 222 g/mol. The largest absolute Gasteiger partial charge is 0.409 e. The highest BCUT2D eigenvalue weighted by molar-refractivity contribution is 6.07. The molecule has 0 saturated heterocycles. The van der Waals surface area contributed by atoms with Crippen LogP contribution in [0.25, 0.3) is 0 Å². The molecule has 2 aliphatic rings. The number of nitrogens with zero attached hydrogens (tertiary/aromatic N) is 1. The fraction of sp³-hybridized carbons (Fsp3) is 0.818. The molecule has 0 unspecified atom stereocenters. The standard InChI is InChI=1S/C11H19N3O3/c1-17-8-5-7(6-8)13-10(15)11(3-2-4-11)9(12)14-16/h7-8,16H,2-6H2,1H3,(H2,12,14)(H,13,15). The van der Waals surface area contributed by atoms with Gasteiger partial charge >= 0.3 is 0 Å². The number of rotatable bonds is 4. The molecule has 2 fully saturated rings. The molecule has 17 heavy (non-hydrogen) atoms. The van der Waals surface area contributed by atoms with E-state index in [0.717, 1.165) is 19.3 Å². The SMILES string of the molecule is COC1CC(NC(=O)C2(C(N)=NO)CCC2)C1. The minimum Gasteiger partial charge on any atom is -0.409 e. The number of methoxy groups -OCH3 is 1. The predicted octanol–water partition coefficient (Wildman–Crippen LogP) is 0.197. The highest BCUT2D eigenvalue weighted by Gasteiger charge is 2.49. The number of carbonyl (C=O) groups is 1. The maximum atomic E-state index is 12.1. The summed E-state index contributed by atoms with van der Waals surface area (Å²) in [5.41, 5.74) is 4.85. The number of hydrogen-bond donors (Lipinski definition) is 3. The third-order valence-electron chi connectivity index (χ3n) is 4.00. The van der Waals surface area contributed by atoms with E-state index in [0.29, 0.717) is 12.8 Å². The number of ether oxygens (including phenoxy) is 1. The second-order valence-electron chi connectivity index (χ2n) is 4.92. The molecule has 0 bridgehead atoms. The summed E-state index contributed by atoms with van der Waals surface area (Å²) in [6, 6.07) is 0.163. The van der Waals surface area contributed by atoms with Crippen molar-refractivity contribution in [2.75, 3.05) is 7.11 Å². The smallest absolute Gasteiger partial charge is 0.234 e. The zero-order valence-electron chi connectivity index (χ0n) is 9.98. The number of carbonyl (C=O) groups excluding carboxylic acids is 1. The van der Waals surface area contributed by atoms with E-state index in [1.54, 1.807) is 7.11 Å². The minimum atomic E-state index is -0.771. The molecule has 0 aromatic carbocycles. The first kappa shape index (κ1) is 12.2. The summed E-state index contributed by atoms with van der Waals surface area (Å²) in [4.78, 5) is 12.1. The Morgan fingerprint density at radius 1 is 1.53 bits per heavy atom. The van der Waals surface area contributed by atoms with Crippen LogP contribution >= 0.6 is 0 Å². The molecular formula is C11H19N3O3. The Labute approximate surface area is 100 Å². The van der Waals surface area contributed by atoms with Gasteiger partial charge in [-0.25, -0.2) is 0 Å². The van der Waals surface area contributed by atoms with Gasteiger partial charge in [-0.15, -0.1) is 0 Å². The minimum absolute atomic E-state index is 0.0314. The van der Waals surface area contributed by atoms with Gasteiger partial charge in [-0.05, 0) is 25.7 Å². The van der Waals surface area contributed by atoms with E-state index >= 15 is 0 Å². The van der Waals surface area contributed by atoms with E-state index in [9.17, 15) is 4.79 Å². The number of nitrogens with two attached hydrogens (primary N) is 1. The summed E-state index contributed by atoms with van der Waals surface area (Å²) in [5, 5.41) is 14.7. The van der Waals surface area contributed by atoms with Crippen molar-refractivity contribution in [2.45, 2.75) is 44.2 Å². The van der Waals surface area contributed by atoms with Crippen LogP contribution in [-0.4, -0.2) is 36.2 Å². The average Bonchev–Trinajstić information content (AvgIpc) is 2.20. The summed E-state index contributed by atoms with van der Waals surface area (Å²) < 4.78 is 5.15. The van der Waals surface area contributed by atoms with Gasteiger partial charge < -0.3 is 21.0 Å². The lowest BCUT2D eigenvalue weighted by Crippen LogP contribution is -2.58. The second-order valence-corrected chi connectivity index (χ2v) is 4.92. The zero-order valence-corrected chi connectivity index (χ0v) is 9.98. The van der Waals surface area contributed by atoms with Crippen molar-refractivity contribution in [3.63, 3.8) is 0 Å². The van der Waals surface area contributed by atoms with Crippen molar-refractivity contribution in [1.82, 2.24) is 5.32 Å². The Morgan fingerprint density at radius 3 is 2.59 bits per heavy atom. The Hall–Kier alpha value is -1.30. The fourth-order valence-electron chi connectivity index (χ4n) is 2.43. The molecule has 0 radical (unpaired) electrons. The molecule has 96 valence electrons. The van der Waals surface area contributed by atoms with Gasteiger partial charge in [-0.2, -0.15) is 0 Å². The van der Waals surface area contributed by atoms with Crippen molar-refractivity contribution in [1.29, 1.82) is 0 Å². The molecule has 0 atom stereocenters. The molecule has 0 heterocycles. The first-order chi connectivity index (χ1) is 8.12. The van der Waals surface area contributed by atoms with Gasteiger partial charge in [-0.1, -0.05) is 11.6 Å². The molecule has 0 spiro atoms. The molecule has 0 aromatic heterocycles.